The standard InChI is InChI=1S/C23H28N4O3S/c28-21(20-7-4-10-31-20)25-18-8-9-19-16-11-15(13-27(19)22(18)29)12-26(14-16)23(30)24-17-5-2-1-3-6-17/h4,7-10,15-17H,1-3,5-6,11-14H2,(H,24,30)(H,25,28). The number of aromatic nitrogens is 1. The Balaban J connectivity index is 1.30. The number of urea groups is 1. The molecular weight excluding hydrogens is 412 g/mol. The Morgan fingerprint density at radius 1 is 1.03 bits per heavy atom. The van der Waals surface area contributed by atoms with Gasteiger partial charge in [0.2, 0.25) is 0 Å². The monoisotopic (exact) mass is 440 g/mol. The highest BCUT2D eigenvalue weighted by atomic mass is 32.1. The van der Waals surface area contributed by atoms with Crippen LogP contribution in [0.5, 0.6) is 0 Å². The summed E-state index contributed by atoms with van der Waals surface area (Å²) in [6, 6.07) is 7.55. The lowest BCUT2D eigenvalue weighted by atomic mass is 9.83. The quantitative estimate of drug-likeness (QED) is 0.765. The Labute approximate surface area is 185 Å². The third-order valence-corrected chi connectivity index (χ3v) is 7.69. The summed E-state index contributed by atoms with van der Waals surface area (Å²) >= 11 is 1.35. The Kier molecular flexibility index (Phi) is 5.56. The highest BCUT2D eigenvalue weighted by molar-refractivity contribution is 7.12. The summed E-state index contributed by atoms with van der Waals surface area (Å²) in [6.45, 7) is 1.89. The van der Waals surface area contributed by atoms with Gasteiger partial charge in [-0.05, 0) is 48.8 Å². The molecule has 3 aliphatic rings. The first kappa shape index (κ1) is 20.3. The van der Waals surface area contributed by atoms with Crippen LogP contribution in [0.15, 0.2) is 34.4 Å². The van der Waals surface area contributed by atoms with Gasteiger partial charge in [0.1, 0.15) is 5.69 Å². The number of hydrogen-bond donors (Lipinski definition) is 2. The predicted molar refractivity (Wildman–Crippen MR) is 121 cm³/mol. The zero-order valence-electron chi connectivity index (χ0n) is 17.5. The number of likely N-dealkylation sites (tertiary alicyclic amines) is 1. The van der Waals surface area contributed by atoms with Crippen LogP contribution in [0.25, 0.3) is 0 Å². The lowest BCUT2D eigenvalue weighted by Gasteiger charge is -2.43. The number of carbonyl (C=O) groups excluding carboxylic acids is 2. The van der Waals surface area contributed by atoms with E-state index in [1.54, 1.807) is 16.7 Å². The van der Waals surface area contributed by atoms with Gasteiger partial charge in [0, 0.05) is 37.3 Å². The molecule has 2 aromatic heterocycles. The van der Waals surface area contributed by atoms with E-state index in [2.05, 4.69) is 10.6 Å². The highest BCUT2D eigenvalue weighted by Crippen LogP contribution is 2.35. The Morgan fingerprint density at radius 2 is 1.87 bits per heavy atom. The fraction of sp³-hybridized carbons (Fsp3) is 0.522. The minimum absolute atomic E-state index is 0.0391. The van der Waals surface area contributed by atoms with Crippen LogP contribution >= 0.6 is 11.3 Å². The summed E-state index contributed by atoms with van der Waals surface area (Å²) in [4.78, 5) is 40.8. The molecule has 2 N–H and O–H groups in total. The van der Waals surface area contributed by atoms with E-state index in [0.717, 1.165) is 25.0 Å². The van der Waals surface area contributed by atoms with E-state index in [1.165, 1.54) is 30.6 Å². The molecule has 4 heterocycles. The topological polar surface area (TPSA) is 83.4 Å². The zero-order chi connectivity index (χ0) is 21.4. The summed E-state index contributed by atoms with van der Waals surface area (Å²) < 4.78 is 1.80. The van der Waals surface area contributed by atoms with Crippen LogP contribution in [0.4, 0.5) is 10.5 Å². The van der Waals surface area contributed by atoms with Crippen molar-refractivity contribution in [2.24, 2.45) is 5.92 Å². The van der Waals surface area contributed by atoms with Gasteiger partial charge in [0.05, 0.1) is 4.88 Å². The van der Waals surface area contributed by atoms with Crippen LogP contribution in [0.1, 0.15) is 59.8 Å². The third-order valence-electron chi connectivity index (χ3n) is 6.82. The zero-order valence-corrected chi connectivity index (χ0v) is 18.3. The average molecular weight is 441 g/mol. The highest BCUT2D eigenvalue weighted by Gasteiger charge is 2.37. The van der Waals surface area contributed by atoms with Gasteiger partial charge >= 0.3 is 6.03 Å². The van der Waals surface area contributed by atoms with Crippen LogP contribution < -0.4 is 16.2 Å². The Bertz CT molecular complexity index is 1030. The van der Waals surface area contributed by atoms with E-state index in [-0.39, 0.29) is 29.3 Å². The van der Waals surface area contributed by atoms with Gasteiger partial charge in [-0.1, -0.05) is 25.3 Å². The summed E-state index contributed by atoms with van der Waals surface area (Å²) in [5, 5.41) is 7.83. The van der Waals surface area contributed by atoms with E-state index in [9.17, 15) is 14.4 Å². The molecule has 2 unspecified atom stereocenters. The number of hydrogen-bond acceptors (Lipinski definition) is 4. The number of amides is 3. The Hall–Kier alpha value is -2.61. The molecule has 1 aliphatic carbocycles. The molecule has 31 heavy (non-hydrogen) atoms. The molecule has 7 nitrogen and oxygen atoms in total. The SMILES string of the molecule is O=C(Nc1ccc2n(c1=O)CC1CC2CN(C(=O)NC2CCCCC2)C1)c1cccs1. The molecule has 0 radical (unpaired) electrons. The number of fused-ring (bicyclic) bond motifs is 4. The fourth-order valence-corrected chi connectivity index (χ4v) is 5.93. The summed E-state index contributed by atoms with van der Waals surface area (Å²) in [7, 11) is 0. The van der Waals surface area contributed by atoms with Crippen molar-refractivity contribution in [3.8, 4) is 0 Å². The van der Waals surface area contributed by atoms with Crippen LogP contribution in [0, 0.1) is 5.92 Å². The van der Waals surface area contributed by atoms with Crippen molar-refractivity contribution in [2.75, 3.05) is 18.4 Å². The smallest absolute Gasteiger partial charge is 0.317 e. The number of nitrogens with zero attached hydrogens (tertiary/aromatic N) is 2. The first-order valence-corrected chi connectivity index (χ1v) is 12.1. The third kappa shape index (κ3) is 4.13. The molecule has 0 aromatic carbocycles. The minimum Gasteiger partial charge on any atom is -0.335 e. The maximum Gasteiger partial charge on any atom is 0.317 e. The van der Waals surface area contributed by atoms with E-state index in [0.29, 0.717) is 36.2 Å². The molecular formula is C23H28N4O3S. The second-order valence-corrected chi connectivity index (χ2v) is 9.95. The molecule has 2 atom stereocenters. The van der Waals surface area contributed by atoms with Crippen molar-refractivity contribution >= 4 is 29.0 Å². The van der Waals surface area contributed by atoms with E-state index >= 15 is 0 Å². The molecule has 2 fully saturated rings. The normalized spacial score (nSPS) is 23.2. The molecule has 1 saturated heterocycles. The molecule has 0 spiro atoms. The molecule has 2 aliphatic heterocycles. The van der Waals surface area contributed by atoms with Crippen molar-refractivity contribution in [1.29, 1.82) is 0 Å². The van der Waals surface area contributed by atoms with E-state index in [4.69, 9.17) is 0 Å². The number of anilines is 1. The molecule has 5 rings (SSSR count). The first-order valence-electron chi connectivity index (χ1n) is 11.2. The van der Waals surface area contributed by atoms with Crippen molar-refractivity contribution in [1.82, 2.24) is 14.8 Å². The molecule has 8 heteroatoms. The molecule has 164 valence electrons. The number of carbonyl (C=O) groups is 2. The van der Waals surface area contributed by atoms with Gasteiger partial charge in [-0.3, -0.25) is 9.59 Å². The maximum atomic E-state index is 13.1. The average Bonchev–Trinajstić information content (AvgIpc) is 3.32. The maximum absolute atomic E-state index is 13.1. The lowest BCUT2D eigenvalue weighted by molar-refractivity contribution is 0.102. The number of piperidine rings is 1. The molecule has 3 amide bonds. The van der Waals surface area contributed by atoms with E-state index in [1.807, 2.05) is 22.4 Å². The van der Waals surface area contributed by atoms with Gasteiger partial charge in [0.25, 0.3) is 11.5 Å². The summed E-state index contributed by atoms with van der Waals surface area (Å²) in [6.07, 6.45) is 6.79. The van der Waals surface area contributed by atoms with Gasteiger partial charge in [-0.2, -0.15) is 0 Å². The minimum atomic E-state index is -0.255. The molecule has 2 aromatic rings. The van der Waals surface area contributed by atoms with Crippen LogP contribution in [0.2, 0.25) is 0 Å². The number of thiophene rings is 1. The Morgan fingerprint density at radius 3 is 2.65 bits per heavy atom. The predicted octanol–water partition coefficient (Wildman–Crippen LogP) is 3.62. The van der Waals surface area contributed by atoms with Crippen molar-refractivity contribution < 1.29 is 9.59 Å². The van der Waals surface area contributed by atoms with Crippen molar-refractivity contribution in [2.45, 2.75) is 57.0 Å². The van der Waals surface area contributed by atoms with Crippen molar-refractivity contribution in [3.63, 3.8) is 0 Å². The molecule has 1 saturated carbocycles. The second-order valence-electron chi connectivity index (χ2n) is 9.01. The summed E-state index contributed by atoms with van der Waals surface area (Å²) in [5.41, 5.74) is 1.12. The lowest BCUT2D eigenvalue weighted by Crippen LogP contribution is -2.53. The van der Waals surface area contributed by atoms with E-state index < -0.39 is 0 Å². The van der Waals surface area contributed by atoms with Gasteiger partial charge < -0.3 is 20.1 Å². The van der Waals surface area contributed by atoms with Crippen LogP contribution in [-0.4, -0.2) is 40.5 Å². The molecule has 2 bridgehead atoms. The fourth-order valence-electron chi connectivity index (χ4n) is 5.31. The first-order chi connectivity index (χ1) is 15.1. The largest absolute Gasteiger partial charge is 0.335 e. The summed E-state index contributed by atoms with van der Waals surface area (Å²) in [5.74, 6) is 0.151. The van der Waals surface area contributed by atoms with Gasteiger partial charge in [0.15, 0.2) is 0 Å². The second kappa shape index (κ2) is 8.49. The van der Waals surface area contributed by atoms with Gasteiger partial charge in [-0.15, -0.1) is 11.3 Å². The number of rotatable bonds is 3. The van der Waals surface area contributed by atoms with Crippen molar-refractivity contribution in [3.05, 3.63) is 50.6 Å². The van der Waals surface area contributed by atoms with Crippen LogP contribution in [-0.2, 0) is 6.54 Å². The van der Waals surface area contributed by atoms with Gasteiger partial charge in [-0.25, -0.2) is 4.79 Å². The number of pyridine rings is 1. The number of nitrogens with one attached hydrogen (secondary N) is 2. The van der Waals surface area contributed by atoms with Crippen LogP contribution in [0.3, 0.4) is 0 Å².